The molecule has 2 amide bonds. The highest BCUT2D eigenvalue weighted by atomic mass is 32.2. The van der Waals surface area contributed by atoms with E-state index in [0.717, 1.165) is 5.01 Å². The van der Waals surface area contributed by atoms with E-state index in [1.54, 1.807) is 30.3 Å². The van der Waals surface area contributed by atoms with E-state index in [1.165, 1.54) is 9.21 Å². The summed E-state index contributed by atoms with van der Waals surface area (Å²) in [5, 5.41) is 5.38. The van der Waals surface area contributed by atoms with Gasteiger partial charge in [-0.3, -0.25) is 9.59 Å². The maximum atomic E-state index is 12.9. The van der Waals surface area contributed by atoms with Crippen molar-refractivity contribution in [1.29, 1.82) is 0 Å². The first-order valence-corrected chi connectivity index (χ1v) is 13.4. The third-order valence-electron chi connectivity index (χ3n) is 5.77. The molecule has 0 spiro atoms. The average Bonchev–Trinajstić information content (AvgIpc) is 3.13. The highest BCUT2D eigenvalue weighted by Crippen LogP contribution is 2.23. The first kappa shape index (κ1) is 21.9. The fourth-order valence-corrected chi connectivity index (χ4v) is 7.17. The molecule has 3 aliphatic rings. The summed E-state index contributed by atoms with van der Waals surface area (Å²) in [6.45, 7) is 0.769. The minimum Gasteiger partial charge on any atom is -0.335 e. The molecular weight excluding hydrogens is 444 g/mol. The zero-order chi connectivity index (χ0) is 22.2. The summed E-state index contributed by atoms with van der Waals surface area (Å²) >= 11 is 0. The first-order valence-electron chi connectivity index (χ1n) is 10.1. The molecule has 1 aromatic rings. The van der Waals surface area contributed by atoms with E-state index in [2.05, 4.69) is 5.10 Å². The third kappa shape index (κ3) is 4.51. The summed E-state index contributed by atoms with van der Waals surface area (Å²) < 4.78 is 50.4. The Bertz CT molecular complexity index is 1110. The predicted octanol–water partition coefficient (Wildman–Crippen LogP) is -0.315. The number of nitrogens with zero attached hydrogens (tertiary/aromatic N) is 4. The lowest BCUT2D eigenvalue weighted by Gasteiger charge is -2.35. The zero-order valence-corrected chi connectivity index (χ0v) is 18.5. The number of carbonyl (C=O) groups is 2. The fourth-order valence-electron chi connectivity index (χ4n) is 4.03. The minimum atomic E-state index is -3.62. The Morgan fingerprint density at radius 1 is 1.03 bits per heavy atom. The highest BCUT2D eigenvalue weighted by Gasteiger charge is 2.38. The van der Waals surface area contributed by atoms with Crippen LogP contribution in [0.2, 0.25) is 0 Å². The molecule has 0 radical (unpaired) electrons. The molecular formula is C19H24N4O6S2. The molecule has 1 atom stereocenters. The first-order chi connectivity index (χ1) is 14.7. The van der Waals surface area contributed by atoms with Crippen LogP contribution >= 0.6 is 0 Å². The number of rotatable bonds is 4. The summed E-state index contributed by atoms with van der Waals surface area (Å²) in [5.74, 6) is -0.745. The number of sulfonamides is 1. The van der Waals surface area contributed by atoms with Crippen LogP contribution in [0.5, 0.6) is 0 Å². The van der Waals surface area contributed by atoms with Gasteiger partial charge in [0.25, 0.3) is 5.91 Å². The van der Waals surface area contributed by atoms with Gasteiger partial charge in [-0.05, 0) is 18.6 Å². The van der Waals surface area contributed by atoms with E-state index in [4.69, 9.17) is 0 Å². The van der Waals surface area contributed by atoms with Crippen molar-refractivity contribution in [3.63, 3.8) is 0 Å². The van der Waals surface area contributed by atoms with Crippen LogP contribution in [-0.2, 0) is 29.4 Å². The number of piperazine rings is 1. The number of hydrazone groups is 1. The second kappa shape index (κ2) is 8.32. The van der Waals surface area contributed by atoms with Gasteiger partial charge in [0, 0.05) is 39.0 Å². The van der Waals surface area contributed by atoms with Gasteiger partial charge in [-0.2, -0.15) is 9.41 Å². The molecule has 0 saturated carbocycles. The molecule has 0 bridgehead atoms. The van der Waals surface area contributed by atoms with Crippen molar-refractivity contribution in [2.75, 3.05) is 37.7 Å². The maximum absolute atomic E-state index is 12.9. The van der Waals surface area contributed by atoms with Crippen LogP contribution in [-0.4, -0.2) is 92.3 Å². The van der Waals surface area contributed by atoms with E-state index in [0.29, 0.717) is 6.42 Å². The van der Waals surface area contributed by atoms with Crippen molar-refractivity contribution in [3.8, 4) is 0 Å². The Morgan fingerprint density at radius 2 is 1.71 bits per heavy atom. The molecule has 0 aliphatic carbocycles. The number of amides is 2. The van der Waals surface area contributed by atoms with Crippen LogP contribution in [0.3, 0.4) is 0 Å². The molecule has 3 heterocycles. The van der Waals surface area contributed by atoms with Crippen molar-refractivity contribution in [1.82, 2.24) is 14.2 Å². The molecule has 4 rings (SSSR count). The van der Waals surface area contributed by atoms with Gasteiger partial charge < -0.3 is 4.90 Å². The monoisotopic (exact) mass is 468 g/mol. The lowest BCUT2D eigenvalue weighted by Crippen LogP contribution is -2.53. The Labute approximate surface area is 181 Å². The van der Waals surface area contributed by atoms with Crippen LogP contribution in [0.25, 0.3) is 0 Å². The van der Waals surface area contributed by atoms with Crippen molar-refractivity contribution < 1.29 is 26.4 Å². The van der Waals surface area contributed by atoms with Gasteiger partial charge >= 0.3 is 0 Å². The lowest BCUT2D eigenvalue weighted by molar-refractivity contribution is -0.134. The van der Waals surface area contributed by atoms with Crippen molar-refractivity contribution in [2.24, 2.45) is 5.10 Å². The number of hydrogen-bond acceptors (Lipinski definition) is 7. The van der Waals surface area contributed by atoms with Gasteiger partial charge in [0.05, 0.1) is 22.4 Å². The zero-order valence-electron chi connectivity index (χ0n) is 16.9. The summed E-state index contributed by atoms with van der Waals surface area (Å²) in [6, 6.07) is 7.62. The quantitative estimate of drug-likeness (QED) is 0.597. The molecule has 12 heteroatoms. The summed E-state index contributed by atoms with van der Waals surface area (Å²) in [4.78, 5) is 26.9. The topological polar surface area (TPSA) is 124 Å². The summed E-state index contributed by atoms with van der Waals surface area (Å²) in [7, 11) is -6.81. The Morgan fingerprint density at radius 3 is 2.32 bits per heavy atom. The van der Waals surface area contributed by atoms with Crippen LogP contribution in [0.15, 0.2) is 40.3 Å². The van der Waals surface area contributed by atoms with Gasteiger partial charge in [-0.1, -0.05) is 18.2 Å². The third-order valence-corrected chi connectivity index (χ3v) is 9.43. The molecule has 0 unspecified atom stereocenters. The second-order valence-corrected chi connectivity index (χ2v) is 12.0. The van der Waals surface area contributed by atoms with Gasteiger partial charge in [0.15, 0.2) is 9.84 Å². The highest BCUT2D eigenvalue weighted by molar-refractivity contribution is 7.91. The minimum absolute atomic E-state index is 0.0120. The Hall–Kier alpha value is -2.31. The van der Waals surface area contributed by atoms with Gasteiger partial charge in [0.1, 0.15) is 5.71 Å². The molecule has 2 fully saturated rings. The second-order valence-electron chi connectivity index (χ2n) is 7.85. The molecule has 0 aromatic heterocycles. The van der Waals surface area contributed by atoms with Crippen molar-refractivity contribution in [2.45, 2.75) is 30.2 Å². The number of sulfone groups is 1. The molecule has 2 saturated heterocycles. The summed E-state index contributed by atoms with van der Waals surface area (Å²) in [6.07, 6.45) is 0.606. The van der Waals surface area contributed by atoms with Crippen molar-refractivity contribution in [3.05, 3.63) is 30.3 Å². The molecule has 31 heavy (non-hydrogen) atoms. The molecule has 3 aliphatic heterocycles. The van der Waals surface area contributed by atoms with Gasteiger partial charge in [0.2, 0.25) is 15.9 Å². The SMILES string of the molecule is O=C(C1=NN([C@@H]2CCS(=O)(=O)C2)C(=O)CC1)N1CCN(S(=O)(=O)c2ccccc2)CC1. The number of carbonyl (C=O) groups excluding carboxylic acids is 2. The molecule has 168 valence electrons. The maximum Gasteiger partial charge on any atom is 0.270 e. The number of hydrogen-bond donors (Lipinski definition) is 0. The fraction of sp³-hybridized carbons (Fsp3) is 0.526. The van der Waals surface area contributed by atoms with Gasteiger partial charge in [-0.25, -0.2) is 21.8 Å². The molecule has 0 N–H and O–H groups in total. The van der Waals surface area contributed by atoms with Crippen LogP contribution in [0.1, 0.15) is 19.3 Å². The Kier molecular flexibility index (Phi) is 5.88. The summed E-state index contributed by atoms with van der Waals surface area (Å²) in [5.41, 5.74) is 0.211. The van der Waals surface area contributed by atoms with E-state index in [-0.39, 0.29) is 72.9 Å². The smallest absolute Gasteiger partial charge is 0.270 e. The van der Waals surface area contributed by atoms with E-state index in [9.17, 15) is 26.4 Å². The lowest BCUT2D eigenvalue weighted by atomic mass is 10.1. The predicted molar refractivity (Wildman–Crippen MR) is 112 cm³/mol. The molecule has 10 nitrogen and oxygen atoms in total. The normalized spacial score (nSPS) is 24.8. The van der Waals surface area contributed by atoms with Crippen molar-refractivity contribution >= 4 is 37.4 Å². The van der Waals surface area contributed by atoms with Crippen LogP contribution < -0.4 is 0 Å². The van der Waals surface area contributed by atoms with E-state index < -0.39 is 25.9 Å². The van der Waals surface area contributed by atoms with Crippen LogP contribution in [0, 0.1) is 0 Å². The molecule has 1 aromatic carbocycles. The van der Waals surface area contributed by atoms with Crippen LogP contribution in [0.4, 0.5) is 0 Å². The number of benzene rings is 1. The van der Waals surface area contributed by atoms with E-state index >= 15 is 0 Å². The Balaban J connectivity index is 1.42. The standard InChI is InChI=1S/C19H24N4O6S2/c24-18-7-6-17(20-23(18)15-8-13-30(26,27)14-15)19(25)21-9-11-22(12-10-21)31(28,29)16-4-2-1-3-5-16/h1-5,15H,6-14H2/t15-/m1/s1. The average molecular weight is 469 g/mol. The van der Waals surface area contributed by atoms with Gasteiger partial charge in [-0.15, -0.1) is 0 Å². The van der Waals surface area contributed by atoms with E-state index in [1.807, 2.05) is 0 Å². The largest absolute Gasteiger partial charge is 0.335 e.